The number of benzene rings is 1. The van der Waals surface area contributed by atoms with Crippen LogP contribution in [0.5, 0.6) is 0 Å². The van der Waals surface area contributed by atoms with Crippen LogP contribution < -0.4 is 0 Å². The third-order valence-corrected chi connectivity index (χ3v) is 2.80. The van der Waals surface area contributed by atoms with Gasteiger partial charge in [-0.2, -0.15) is 0 Å². The first kappa shape index (κ1) is 12.3. The molecule has 0 saturated carbocycles. The van der Waals surface area contributed by atoms with Crippen LogP contribution >= 0.6 is 11.6 Å². The van der Waals surface area contributed by atoms with Gasteiger partial charge in [0.1, 0.15) is 0 Å². The summed E-state index contributed by atoms with van der Waals surface area (Å²) < 4.78 is 0. The molecule has 0 N–H and O–H groups in total. The number of halogens is 1. The summed E-state index contributed by atoms with van der Waals surface area (Å²) in [5.41, 5.74) is 3.41. The lowest BCUT2D eigenvalue weighted by atomic mass is 9.98. The zero-order valence-corrected chi connectivity index (χ0v) is 10.1. The van der Waals surface area contributed by atoms with Crippen LogP contribution in [0.1, 0.15) is 41.8 Å². The fraction of sp³-hybridized carbons (Fsp3) is 0.462. The lowest BCUT2D eigenvalue weighted by Gasteiger charge is -2.07. The summed E-state index contributed by atoms with van der Waals surface area (Å²) in [6.45, 7) is 4.25. The van der Waals surface area contributed by atoms with Crippen molar-refractivity contribution in [3.8, 4) is 0 Å². The van der Waals surface area contributed by atoms with Crippen molar-refractivity contribution in [1.29, 1.82) is 0 Å². The number of hydrogen-bond acceptors (Lipinski definition) is 1. The zero-order chi connectivity index (χ0) is 11.3. The van der Waals surface area contributed by atoms with Crippen molar-refractivity contribution in [3.63, 3.8) is 0 Å². The van der Waals surface area contributed by atoms with Gasteiger partial charge < -0.3 is 0 Å². The van der Waals surface area contributed by atoms with E-state index in [0.717, 1.165) is 18.4 Å². The molecular weight excluding hydrogens is 208 g/mol. The minimum absolute atomic E-state index is 0.141. The molecule has 0 aliphatic rings. The van der Waals surface area contributed by atoms with E-state index < -0.39 is 0 Å². The SMILES string of the molecule is CCc1ccc(C(=O)CCCl)cc1CC. The fourth-order valence-corrected chi connectivity index (χ4v) is 1.88. The molecule has 0 atom stereocenters. The summed E-state index contributed by atoms with van der Waals surface area (Å²) in [5.74, 6) is 0.540. The zero-order valence-electron chi connectivity index (χ0n) is 9.35. The Kier molecular flexibility index (Phi) is 4.83. The van der Waals surface area contributed by atoms with E-state index in [-0.39, 0.29) is 5.78 Å². The standard InChI is InChI=1S/C13H17ClO/c1-3-10-5-6-12(9-11(10)4-2)13(15)7-8-14/h5-6,9H,3-4,7-8H2,1-2H3. The lowest BCUT2D eigenvalue weighted by molar-refractivity contribution is 0.0989. The van der Waals surface area contributed by atoms with Gasteiger partial charge in [0.15, 0.2) is 5.78 Å². The first-order valence-electron chi connectivity index (χ1n) is 5.43. The van der Waals surface area contributed by atoms with Gasteiger partial charge in [-0.25, -0.2) is 0 Å². The highest BCUT2D eigenvalue weighted by Gasteiger charge is 2.07. The number of rotatable bonds is 5. The Morgan fingerprint density at radius 3 is 2.40 bits per heavy atom. The molecule has 1 aromatic carbocycles. The van der Waals surface area contributed by atoms with E-state index in [1.165, 1.54) is 11.1 Å². The second-order valence-corrected chi connectivity index (χ2v) is 3.93. The van der Waals surface area contributed by atoms with Gasteiger partial charge >= 0.3 is 0 Å². The average molecular weight is 225 g/mol. The van der Waals surface area contributed by atoms with E-state index >= 15 is 0 Å². The van der Waals surface area contributed by atoms with Gasteiger partial charge in [-0.15, -0.1) is 11.6 Å². The molecule has 0 aliphatic carbocycles. The van der Waals surface area contributed by atoms with Crippen LogP contribution in [0, 0.1) is 0 Å². The third-order valence-electron chi connectivity index (χ3n) is 2.61. The number of ketones is 1. The van der Waals surface area contributed by atoms with Crippen molar-refractivity contribution in [2.75, 3.05) is 5.88 Å². The quantitative estimate of drug-likeness (QED) is 0.552. The van der Waals surface area contributed by atoms with Crippen LogP contribution in [0.3, 0.4) is 0 Å². The molecule has 0 saturated heterocycles. The molecule has 15 heavy (non-hydrogen) atoms. The van der Waals surface area contributed by atoms with Gasteiger partial charge in [-0.3, -0.25) is 4.79 Å². The molecule has 0 unspecified atom stereocenters. The van der Waals surface area contributed by atoms with Gasteiger partial charge in [0, 0.05) is 17.9 Å². The van der Waals surface area contributed by atoms with Gasteiger partial charge in [0.2, 0.25) is 0 Å². The molecule has 0 radical (unpaired) electrons. The average Bonchev–Trinajstić information content (AvgIpc) is 2.28. The smallest absolute Gasteiger partial charge is 0.164 e. The summed E-state index contributed by atoms with van der Waals surface area (Å²) in [7, 11) is 0. The Morgan fingerprint density at radius 2 is 1.87 bits per heavy atom. The molecule has 1 rings (SSSR count). The Bertz CT molecular complexity index is 344. The minimum Gasteiger partial charge on any atom is -0.294 e. The molecule has 0 bridgehead atoms. The Balaban J connectivity index is 2.97. The van der Waals surface area contributed by atoms with Crippen molar-refractivity contribution in [2.45, 2.75) is 33.1 Å². The molecule has 0 heterocycles. The number of hydrogen-bond donors (Lipinski definition) is 0. The third kappa shape index (κ3) is 3.07. The second kappa shape index (κ2) is 5.92. The van der Waals surface area contributed by atoms with Crippen molar-refractivity contribution in [2.24, 2.45) is 0 Å². The van der Waals surface area contributed by atoms with Crippen LogP contribution in [0.2, 0.25) is 0 Å². The van der Waals surface area contributed by atoms with Gasteiger partial charge in [0.05, 0.1) is 0 Å². The fourth-order valence-electron chi connectivity index (χ4n) is 1.70. The maximum absolute atomic E-state index is 11.6. The first-order chi connectivity index (χ1) is 7.22. The summed E-state index contributed by atoms with van der Waals surface area (Å²) in [5, 5.41) is 0. The van der Waals surface area contributed by atoms with Crippen molar-refractivity contribution in [1.82, 2.24) is 0 Å². The summed E-state index contributed by atoms with van der Waals surface area (Å²) in [4.78, 5) is 11.6. The number of carbonyl (C=O) groups excluding carboxylic acids is 1. The highest BCUT2D eigenvalue weighted by molar-refractivity contribution is 6.19. The molecule has 0 spiro atoms. The van der Waals surface area contributed by atoms with E-state index in [0.29, 0.717) is 12.3 Å². The Hall–Kier alpha value is -0.820. The van der Waals surface area contributed by atoms with Crippen LogP contribution in [0.4, 0.5) is 0 Å². The molecule has 82 valence electrons. The predicted octanol–water partition coefficient (Wildman–Crippen LogP) is 3.62. The topological polar surface area (TPSA) is 17.1 Å². The maximum atomic E-state index is 11.6. The number of Topliss-reactive ketones (excluding diaryl/α,β-unsaturated/α-hetero) is 1. The molecule has 1 nitrogen and oxygen atoms in total. The number of carbonyl (C=O) groups is 1. The number of alkyl halides is 1. The molecule has 0 fully saturated rings. The van der Waals surface area contributed by atoms with E-state index in [4.69, 9.17) is 11.6 Å². The minimum atomic E-state index is 0.141. The van der Waals surface area contributed by atoms with E-state index in [2.05, 4.69) is 19.9 Å². The number of aryl methyl sites for hydroxylation is 2. The molecule has 1 aromatic rings. The maximum Gasteiger partial charge on any atom is 0.164 e. The van der Waals surface area contributed by atoms with Crippen molar-refractivity contribution >= 4 is 17.4 Å². The largest absolute Gasteiger partial charge is 0.294 e. The lowest BCUT2D eigenvalue weighted by Crippen LogP contribution is -2.02. The van der Waals surface area contributed by atoms with Crippen LogP contribution in [-0.2, 0) is 12.8 Å². The molecular formula is C13H17ClO. The van der Waals surface area contributed by atoms with E-state index in [1.54, 1.807) is 0 Å². The summed E-state index contributed by atoms with van der Waals surface area (Å²) in [6, 6.07) is 5.97. The van der Waals surface area contributed by atoms with Crippen molar-refractivity contribution < 1.29 is 4.79 Å². The van der Waals surface area contributed by atoms with Gasteiger partial charge in [-0.1, -0.05) is 26.0 Å². The predicted molar refractivity (Wildman–Crippen MR) is 64.9 cm³/mol. The summed E-state index contributed by atoms with van der Waals surface area (Å²) in [6.07, 6.45) is 2.43. The molecule has 0 aliphatic heterocycles. The monoisotopic (exact) mass is 224 g/mol. The summed E-state index contributed by atoms with van der Waals surface area (Å²) >= 11 is 5.56. The van der Waals surface area contributed by atoms with Crippen LogP contribution in [-0.4, -0.2) is 11.7 Å². The second-order valence-electron chi connectivity index (χ2n) is 3.55. The highest BCUT2D eigenvalue weighted by atomic mass is 35.5. The Morgan fingerprint density at radius 1 is 1.20 bits per heavy atom. The van der Waals surface area contributed by atoms with E-state index in [1.807, 2.05) is 12.1 Å². The normalized spacial score (nSPS) is 10.3. The molecule has 2 heteroatoms. The van der Waals surface area contributed by atoms with Crippen LogP contribution in [0.15, 0.2) is 18.2 Å². The van der Waals surface area contributed by atoms with Gasteiger partial charge in [0.25, 0.3) is 0 Å². The molecule has 0 amide bonds. The van der Waals surface area contributed by atoms with Gasteiger partial charge in [-0.05, 0) is 30.0 Å². The van der Waals surface area contributed by atoms with Crippen molar-refractivity contribution in [3.05, 3.63) is 34.9 Å². The first-order valence-corrected chi connectivity index (χ1v) is 5.97. The highest BCUT2D eigenvalue weighted by Crippen LogP contribution is 2.15. The van der Waals surface area contributed by atoms with Crippen LogP contribution in [0.25, 0.3) is 0 Å². The molecule has 0 aromatic heterocycles. The van der Waals surface area contributed by atoms with E-state index in [9.17, 15) is 4.79 Å². The Labute approximate surface area is 96.5 Å².